The summed E-state index contributed by atoms with van der Waals surface area (Å²) in [6.45, 7) is 9.69. The summed E-state index contributed by atoms with van der Waals surface area (Å²) < 4.78 is 13.1. The van der Waals surface area contributed by atoms with E-state index in [1.165, 1.54) is 55.6 Å². The molecule has 0 fully saturated rings. The van der Waals surface area contributed by atoms with Crippen LogP contribution in [0.25, 0.3) is 44.6 Å². The Kier molecular flexibility index (Phi) is 13.7. The van der Waals surface area contributed by atoms with Gasteiger partial charge in [-0.15, -0.1) is 35.4 Å². The van der Waals surface area contributed by atoms with Gasteiger partial charge in [0.25, 0.3) is 0 Å². The molecule has 1 radical (unpaired) electrons. The summed E-state index contributed by atoms with van der Waals surface area (Å²) in [7, 11) is 0. The molecule has 5 aromatic carbocycles. The van der Waals surface area contributed by atoms with Crippen LogP contribution in [0.5, 0.6) is 11.5 Å². The first-order valence-electron chi connectivity index (χ1n) is 19.8. The Morgan fingerprint density at radius 2 is 1.30 bits per heavy atom. The molecule has 1 spiro atoms. The van der Waals surface area contributed by atoms with E-state index in [1.807, 2.05) is 30.5 Å². The van der Waals surface area contributed by atoms with Gasteiger partial charge in [0.2, 0.25) is 0 Å². The van der Waals surface area contributed by atoms with Gasteiger partial charge in [-0.3, -0.25) is 0 Å². The third-order valence-electron chi connectivity index (χ3n) is 10.7. The molecule has 1 unspecified atom stereocenters. The summed E-state index contributed by atoms with van der Waals surface area (Å²) in [5, 5.41) is 7.73. The van der Waals surface area contributed by atoms with Crippen molar-refractivity contribution in [3.63, 3.8) is 0 Å². The Balaban J connectivity index is 0.000000730. The molecule has 0 aliphatic heterocycles. The second-order valence-electron chi connectivity index (χ2n) is 14.4. The summed E-state index contributed by atoms with van der Waals surface area (Å²) in [4.78, 5) is 4.58. The van der Waals surface area contributed by atoms with Gasteiger partial charge in [-0.1, -0.05) is 118 Å². The molecule has 8 rings (SSSR count). The predicted molar refractivity (Wildman–Crippen MR) is 228 cm³/mol. The van der Waals surface area contributed by atoms with Crippen LogP contribution in [0.15, 0.2) is 115 Å². The van der Waals surface area contributed by atoms with Gasteiger partial charge in [0.05, 0.1) is 18.6 Å². The molecule has 289 valence electrons. The Morgan fingerprint density at radius 3 is 1.98 bits per heavy atom. The maximum atomic E-state index is 7.73. The zero-order valence-corrected chi connectivity index (χ0v) is 35.6. The fourth-order valence-electron chi connectivity index (χ4n) is 8.19. The molecule has 1 N–H and O–H groups in total. The number of aromatic nitrogens is 1. The first kappa shape index (κ1) is 41.1. The number of pyridine rings is 1. The molecule has 1 aromatic heterocycles. The molecule has 57 heavy (non-hydrogen) atoms. The summed E-state index contributed by atoms with van der Waals surface area (Å²) in [6.07, 6.45) is 10.2. The average Bonchev–Trinajstić information content (AvgIpc) is 3.69. The minimum atomic E-state index is -0.464. The van der Waals surface area contributed by atoms with E-state index in [1.54, 1.807) is 13.0 Å². The quantitative estimate of drug-likeness (QED) is 0.0753. The summed E-state index contributed by atoms with van der Waals surface area (Å²) >= 11 is 0. The molecule has 0 amide bonds. The van der Waals surface area contributed by atoms with Crippen molar-refractivity contribution in [1.29, 1.82) is 0 Å². The molecule has 2 aliphatic rings. The average molecular weight is 927 g/mol. The van der Waals surface area contributed by atoms with Crippen molar-refractivity contribution in [2.45, 2.75) is 71.6 Å². The van der Waals surface area contributed by atoms with E-state index in [4.69, 9.17) is 14.6 Å². The van der Waals surface area contributed by atoms with Crippen molar-refractivity contribution in [2.75, 3.05) is 13.2 Å². The number of fused-ring (bicyclic) bond motifs is 10. The van der Waals surface area contributed by atoms with E-state index < -0.39 is 5.41 Å². The van der Waals surface area contributed by atoms with E-state index in [0.717, 1.165) is 66.8 Å². The van der Waals surface area contributed by atoms with Crippen molar-refractivity contribution in [3.05, 3.63) is 149 Å². The van der Waals surface area contributed by atoms with E-state index in [-0.39, 0.29) is 20.1 Å². The fraction of sp³-hybridized carbons (Fsp3) is 0.250. The van der Waals surface area contributed by atoms with Crippen molar-refractivity contribution in [2.24, 2.45) is 0 Å². The molecule has 2 aliphatic carbocycles. The molecule has 0 saturated carbocycles. The maximum absolute atomic E-state index is 7.73. The van der Waals surface area contributed by atoms with Gasteiger partial charge in [-0.05, 0) is 113 Å². The van der Waals surface area contributed by atoms with Crippen LogP contribution in [-0.4, -0.2) is 23.3 Å². The summed E-state index contributed by atoms with van der Waals surface area (Å²) in [5.41, 5.74) is 15.3. The number of rotatable bonds is 12. The van der Waals surface area contributed by atoms with Crippen LogP contribution in [0.4, 0.5) is 0 Å². The number of hydrogen-bond donors (Lipinski definition) is 1. The first-order valence-corrected chi connectivity index (χ1v) is 19.8. The number of unbranched alkanes of at least 4 members (excludes halogenated alkanes) is 4. The van der Waals surface area contributed by atoms with Gasteiger partial charge in [0.15, 0.2) is 11.5 Å². The Hall–Kier alpha value is -5.58. The van der Waals surface area contributed by atoms with E-state index in [9.17, 15) is 0 Å². The third-order valence-corrected chi connectivity index (χ3v) is 10.7. The van der Waals surface area contributed by atoms with Crippen LogP contribution in [0.2, 0.25) is 0 Å². The monoisotopic (exact) mass is 927 g/mol. The van der Waals surface area contributed by atoms with Gasteiger partial charge >= 0.3 is 0 Å². The topological polar surface area (TPSA) is 51.6 Å². The van der Waals surface area contributed by atoms with Crippen LogP contribution >= 0.6 is 0 Å². The summed E-state index contributed by atoms with van der Waals surface area (Å²) in [6, 6.07) is 43.4. The van der Waals surface area contributed by atoms with Crippen LogP contribution < -0.4 is 9.47 Å². The Bertz CT molecular complexity index is 2450. The van der Waals surface area contributed by atoms with E-state index >= 15 is 0 Å². The number of benzene rings is 5. The standard InChI is InChI=1S/C47H44NO2.C5H4O.Ir/c1-4-6-12-25-49-45-30-39-37-27-32(3)20-22-41(37)47(43(39)31-46(45)50-26-13-7-5-2)40-18-9-8-17-36(40)38-29-34(21-23-42(38)47)33-15-14-16-35(28-33)44-19-10-11-24-48-44;1-2-3-4-5-6;/h8-11,14-15,17-24,27-31H,4-7,12-13,25-26H2,1-3H3;6H,1H3;/q-1;;. The van der Waals surface area contributed by atoms with Gasteiger partial charge < -0.3 is 19.6 Å². The minimum Gasteiger partial charge on any atom is -0.490 e. The van der Waals surface area contributed by atoms with Crippen molar-refractivity contribution >= 4 is 0 Å². The van der Waals surface area contributed by atoms with Crippen LogP contribution in [0.1, 0.15) is 87.1 Å². The number of aryl methyl sites for hydroxylation is 1. The van der Waals surface area contributed by atoms with Gasteiger partial charge in [-0.2, -0.15) is 0 Å². The van der Waals surface area contributed by atoms with Crippen molar-refractivity contribution in [1.82, 2.24) is 4.98 Å². The van der Waals surface area contributed by atoms with Crippen molar-refractivity contribution < 1.29 is 34.7 Å². The molecule has 0 saturated heterocycles. The van der Waals surface area contributed by atoms with Gasteiger partial charge in [0, 0.05) is 32.2 Å². The second kappa shape index (κ2) is 19.0. The van der Waals surface area contributed by atoms with Gasteiger partial charge in [-0.25, -0.2) is 0 Å². The zero-order valence-electron chi connectivity index (χ0n) is 33.2. The Labute approximate surface area is 352 Å². The molecule has 1 atom stereocenters. The predicted octanol–water partition coefficient (Wildman–Crippen LogP) is 12.3. The number of aliphatic hydroxyl groups is 1. The SMILES string of the molecule is CC#CC#CO.CCCCCOc1cc2c(cc1OCCCCC)C1(c3ccccc3-c3cc(-c4cc[c-]c(-c5ccccn5)c4)ccc31)c1ccc(C)cc1-2.[Ir]. The number of nitrogens with zero attached hydrogens (tertiary/aromatic N) is 1. The molecule has 5 heteroatoms. The smallest absolute Gasteiger partial charge is 0.161 e. The fourth-order valence-corrected chi connectivity index (χ4v) is 8.19. The first-order chi connectivity index (χ1) is 27.5. The molecular formula is C52H48IrNO3-. The van der Waals surface area contributed by atoms with E-state index in [2.05, 4.69) is 135 Å². The Morgan fingerprint density at radius 1 is 0.649 bits per heavy atom. The maximum Gasteiger partial charge on any atom is 0.161 e. The van der Waals surface area contributed by atoms with Crippen LogP contribution in [-0.2, 0) is 25.5 Å². The largest absolute Gasteiger partial charge is 0.490 e. The molecule has 4 nitrogen and oxygen atoms in total. The normalized spacial score (nSPS) is 13.5. The molecule has 0 bridgehead atoms. The number of hydrogen-bond acceptors (Lipinski definition) is 4. The molecule has 1 heterocycles. The van der Waals surface area contributed by atoms with Crippen molar-refractivity contribution in [3.8, 4) is 80.0 Å². The molecular weight excluding hydrogens is 879 g/mol. The number of aliphatic hydroxyl groups excluding tert-OH is 1. The molecule has 6 aromatic rings. The van der Waals surface area contributed by atoms with Crippen LogP contribution in [0, 0.1) is 36.9 Å². The van der Waals surface area contributed by atoms with Gasteiger partial charge in [0.1, 0.15) is 6.11 Å². The zero-order chi connectivity index (χ0) is 38.9. The summed E-state index contributed by atoms with van der Waals surface area (Å²) in [5.74, 6) is 8.67. The van der Waals surface area contributed by atoms with E-state index in [0.29, 0.717) is 13.2 Å². The third kappa shape index (κ3) is 8.15. The number of ether oxygens (including phenoxy) is 2. The van der Waals surface area contributed by atoms with Crippen LogP contribution in [0.3, 0.4) is 0 Å². The minimum absolute atomic E-state index is 0. The second-order valence-corrected chi connectivity index (χ2v) is 14.4.